The Bertz CT molecular complexity index is 682. The van der Waals surface area contributed by atoms with Crippen molar-refractivity contribution in [2.75, 3.05) is 6.61 Å². The van der Waals surface area contributed by atoms with Crippen molar-refractivity contribution in [2.24, 2.45) is 5.10 Å². The lowest BCUT2D eigenvalue weighted by Gasteiger charge is -2.14. The summed E-state index contributed by atoms with van der Waals surface area (Å²) in [6.45, 7) is 6.11. The van der Waals surface area contributed by atoms with Gasteiger partial charge in [0.1, 0.15) is 5.75 Å². The monoisotopic (exact) mass is 311 g/mol. The van der Waals surface area contributed by atoms with Crippen LogP contribution in [-0.2, 0) is 4.79 Å². The molecule has 0 aliphatic rings. The average molecular weight is 311 g/mol. The molecule has 120 valence electrons. The molecule has 0 aliphatic carbocycles. The second kappa shape index (κ2) is 8.08. The summed E-state index contributed by atoms with van der Waals surface area (Å²) >= 11 is 0. The molecule has 0 fully saturated rings. The Morgan fingerprint density at radius 1 is 1.30 bits per heavy atom. The quantitative estimate of drug-likeness (QED) is 0.659. The largest absolute Gasteiger partial charge is 0.483 e. The highest BCUT2D eigenvalue weighted by Crippen LogP contribution is 2.27. The van der Waals surface area contributed by atoms with Gasteiger partial charge in [-0.1, -0.05) is 26.0 Å². The minimum atomic E-state index is -0.300. The van der Waals surface area contributed by atoms with Crippen molar-refractivity contribution in [2.45, 2.75) is 26.7 Å². The van der Waals surface area contributed by atoms with Crippen LogP contribution in [0.25, 0.3) is 0 Å². The van der Waals surface area contributed by atoms with E-state index in [1.807, 2.05) is 25.1 Å². The van der Waals surface area contributed by atoms with Crippen molar-refractivity contribution < 1.29 is 9.53 Å². The van der Waals surface area contributed by atoms with Crippen LogP contribution in [0, 0.1) is 6.92 Å². The van der Waals surface area contributed by atoms with Gasteiger partial charge in [0, 0.05) is 12.4 Å². The summed E-state index contributed by atoms with van der Waals surface area (Å²) in [6, 6.07) is 9.63. The highest BCUT2D eigenvalue weighted by molar-refractivity contribution is 5.82. The fourth-order valence-electron chi connectivity index (χ4n) is 2.05. The molecule has 1 N–H and O–H groups in total. The maximum atomic E-state index is 11.8. The molecule has 2 aromatic rings. The van der Waals surface area contributed by atoms with Gasteiger partial charge >= 0.3 is 0 Å². The Kier molecular flexibility index (Phi) is 5.86. The van der Waals surface area contributed by atoms with E-state index < -0.39 is 0 Å². The Balaban J connectivity index is 1.90. The van der Waals surface area contributed by atoms with Crippen molar-refractivity contribution in [3.8, 4) is 5.75 Å². The number of nitrogens with zero attached hydrogens (tertiary/aromatic N) is 2. The van der Waals surface area contributed by atoms with Crippen LogP contribution in [0.4, 0.5) is 0 Å². The summed E-state index contributed by atoms with van der Waals surface area (Å²) in [6.07, 6.45) is 4.89. The number of carbonyl (C=O) groups is 1. The van der Waals surface area contributed by atoms with Crippen LogP contribution in [0.15, 0.2) is 47.8 Å². The first-order valence-corrected chi connectivity index (χ1v) is 7.51. The maximum absolute atomic E-state index is 11.8. The van der Waals surface area contributed by atoms with Crippen LogP contribution in [0.5, 0.6) is 5.75 Å². The first kappa shape index (κ1) is 16.7. The summed E-state index contributed by atoms with van der Waals surface area (Å²) in [4.78, 5) is 15.7. The molecule has 5 nitrogen and oxygen atoms in total. The van der Waals surface area contributed by atoms with Gasteiger partial charge in [0.2, 0.25) is 0 Å². The normalized spacial score (nSPS) is 11.0. The SMILES string of the molecule is Cc1ccc(C(C)C)c(OCC(=O)N/N=C/c2ccncc2)c1. The minimum absolute atomic E-state index is 0.0726. The molecule has 23 heavy (non-hydrogen) atoms. The van der Waals surface area contributed by atoms with Gasteiger partial charge in [-0.2, -0.15) is 5.10 Å². The molecule has 0 bridgehead atoms. The first-order valence-electron chi connectivity index (χ1n) is 7.51. The Labute approximate surface area is 136 Å². The van der Waals surface area contributed by atoms with E-state index in [0.29, 0.717) is 5.92 Å². The van der Waals surface area contributed by atoms with E-state index in [2.05, 4.69) is 29.4 Å². The molecule has 1 amide bonds. The molecular weight excluding hydrogens is 290 g/mol. The predicted molar refractivity (Wildman–Crippen MR) is 90.7 cm³/mol. The number of pyridine rings is 1. The van der Waals surface area contributed by atoms with Crippen molar-refractivity contribution in [1.29, 1.82) is 0 Å². The number of hydrazone groups is 1. The summed E-state index contributed by atoms with van der Waals surface area (Å²) in [5, 5.41) is 3.90. The van der Waals surface area contributed by atoms with Gasteiger partial charge in [-0.3, -0.25) is 9.78 Å². The van der Waals surface area contributed by atoms with Gasteiger partial charge in [-0.25, -0.2) is 5.43 Å². The van der Waals surface area contributed by atoms with Gasteiger partial charge < -0.3 is 4.74 Å². The number of aryl methyl sites for hydroxylation is 1. The van der Waals surface area contributed by atoms with E-state index >= 15 is 0 Å². The number of rotatable bonds is 6. The topological polar surface area (TPSA) is 63.6 Å². The molecular formula is C18H21N3O2. The molecule has 0 saturated carbocycles. The van der Waals surface area contributed by atoms with Crippen LogP contribution >= 0.6 is 0 Å². The van der Waals surface area contributed by atoms with E-state index in [1.54, 1.807) is 30.7 Å². The Hall–Kier alpha value is -2.69. The molecule has 0 unspecified atom stereocenters. The second-order valence-corrected chi connectivity index (χ2v) is 5.56. The van der Waals surface area contributed by atoms with Gasteiger partial charge in [0.05, 0.1) is 6.21 Å². The number of nitrogens with one attached hydrogen (secondary N) is 1. The molecule has 5 heteroatoms. The van der Waals surface area contributed by atoms with Crippen LogP contribution in [0.1, 0.15) is 36.5 Å². The lowest BCUT2D eigenvalue weighted by Crippen LogP contribution is -2.25. The van der Waals surface area contributed by atoms with E-state index in [1.165, 1.54) is 0 Å². The average Bonchev–Trinajstić information content (AvgIpc) is 2.53. The van der Waals surface area contributed by atoms with E-state index in [-0.39, 0.29) is 12.5 Å². The molecule has 1 aromatic carbocycles. The number of ether oxygens (including phenoxy) is 1. The lowest BCUT2D eigenvalue weighted by atomic mass is 10.0. The summed E-state index contributed by atoms with van der Waals surface area (Å²) in [5.74, 6) is 0.776. The van der Waals surface area contributed by atoms with Gasteiger partial charge in [0.25, 0.3) is 5.91 Å². The highest BCUT2D eigenvalue weighted by atomic mass is 16.5. The zero-order valence-electron chi connectivity index (χ0n) is 13.6. The number of benzene rings is 1. The summed E-state index contributed by atoms with van der Waals surface area (Å²) in [7, 11) is 0. The Morgan fingerprint density at radius 2 is 2.04 bits per heavy atom. The van der Waals surface area contributed by atoms with E-state index in [9.17, 15) is 4.79 Å². The van der Waals surface area contributed by atoms with Crippen LogP contribution < -0.4 is 10.2 Å². The smallest absolute Gasteiger partial charge is 0.277 e. The van der Waals surface area contributed by atoms with Crippen LogP contribution in [-0.4, -0.2) is 23.7 Å². The molecule has 1 heterocycles. The van der Waals surface area contributed by atoms with E-state index in [4.69, 9.17) is 4.74 Å². The van der Waals surface area contributed by atoms with Crippen molar-refractivity contribution in [3.63, 3.8) is 0 Å². The Morgan fingerprint density at radius 3 is 2.74 bits per heavy atom. The van der Waals surface area contributed by atoms with Crippen molar-refractivity contribution in [3.05, 3.63) is 59.4 Å². The zero-order valence-corrected chi connectivity index (χ0v) is 13.6. The van der Waals surface area contributed by atoms with Gasteiger partial charge in [-0.05, 0) is 47.7 Å². The third-order valence-electron chi connectivity index (χ3n) is 3.26. The second-order valence-electron chi connectivity index (χ2n) is 5.56. The number of carbonyl (C=O) groups excluding carboxylic acids is 1. The molecule has 0 atom stereocenters. The number of aromatic nitrogens is 1. The molecule has 0 spiro atoms. The summed E-state index contributed by atoms with van der Waals surface area (Å²) in [5.41, 5.74) is 5.50. The fraction of sp³-hybridized carbons (Fsp3) is 0.278. The van der Waals surface area contributed by atoms with E-state index in [0.717, 1.165) is 22.4 Å². The third kappa shape index (κ3) is 5.21. The third-order valence-corrected chi connectivity index (χ3v) is 3.26. The standard InChI is InChI=1S/C18H21N3O2/c1-13(2)16-5-4-14(3)10-17(16)23-12-18(22)21-20-11-15-6-8-19-9-7-15/h4-11,13H,12H2,1-3H3,(H,21,22)/b20-11+. The van der Waals surface area contributed by atoms with Crippen LogP contribution in [0.2, 0.25) is 0 Å². The van der Waals surface area contributed by atoms with Crippen molar-refractivity contribution >= 4 is 12.1 Å². The molecule has 0 radical (unpaired) electrons. The first-order chi connectivity index (χ1) is 11.1. The van der Waals surface area contributed by atoms with Crippen LogP contribution in [0.3, 0.4) is 0 Å². The van der Waals surface area contributed by atoms with Crippen molar-refractivity contribution in [1.82, 2.24) is 10.4 Å². The zero-order chi connectivity index (χ0) is 16.7. The molecule has 1 aromatic heterocycles. The maximum Gasteiger partial charge on any atom is 0.277 e. The molecule has 2 rings (SSSR count). The molecule has 0 aliphatic heterocycles. The van der Waals surface area contributed by atoms with Gasteiger partial charge in [0.15, 0.2) is 6.61 Å². The number of amides is 1. The number of hydrogen-bond donors (Lipinski definition) is 1. The molecule has 0 saturated heterocycles. The lowest BCUT2D eigenvalue weighted by molar-refractivity contribution is -0.123. The minimum Gasteiger partial charge on any atom is -0.483 e. The highest BCUT2D eigenvalue weighted by Gasteiger charge is 2.09. The van der Waals surface area contributed by atoms with Gasteiger partial charge in [-0.15, -0.1) is 0 Å². The fourth-order valence-corrected chi connectivity index (χ4v) is 2.05. The number of hydrogen-bond acceptors (Lipinski definition) is 4. The predicted octanol–water partition coefficient (Wildman–Crippen LogP) is 3.04. The summed E-state index contributed by atoms with van der Waals surface area (Å²) < 4.78 is 5.65.